The second-order valence-corrected chi connectivity index (χ2v) is 8.56. The topological polar surface area (TPSA) is 79.9 Å². The minimum atomic E-state index is -0.492. The lowest BCUT2D eigenvalue weighted by molar-refractivity contribution is 0.0201. The number of ether oxygens (including phenoxy) is 2. The third-order valence-electron chi connectivity index (χ3n) is 4.74. The second-order valence-electron chi connectivity index (χ2n) is 8.56. The van der Waals surface area contributed by atoms with Crippen LogP contribution in [0.25, 0.3) is 0 Å². The molecule has 0 aliphatic carbocycles. The number of carbonyl (C=O) groups excluding carboxylic acids is 2. The molecule has 0 bridgehead atoms. The van der Waals surface area contributed by atoms with Crippen molar-refractivity contribution in [3.05, 3.63) is 29.3 Å². The standard InChI is InChI=1S/C22H35N3O4/c1-16-8-6-9-17(2)19(16)28-15-7-12-23-20(26)24-18-10-13-25(14-11-18)21(27)29-22(3,4)5/h6,8-9,18H,7,10-15H2,1-5H3,(H2,23,24,26). The van der Waals surface area contributed by atoms with E-state index >= 15 is 0 Å². The molecule has 0 atom stereocenters. The lowest BCUT2D eigenvalue weighted by Crippen LogP contribution is -2.50. The van der Waals surface area contributed by atoms with Crippen LogP contribution in [-0.4, -0.2) is 54.9 Å². The van der Waals surface area contributed by atoms with Crippen molar-refractivity contribution in [2.24, 2.45) is 0 Å². The molecule has 0 saturated carbocycles. The zero-order valence-electron chi connectivity index (χ0n) is 18.3. The molecule has 29 heavy (non-hydrogen) atoms. The molecule has 0 radical (unpaired) electrons. The first-order chi connectivity index (χ1) is 13.7. The van der Waals surface area contributed by atoms with Crippen LogP contribution in [0.3, 0.4) is 0 Å². The average Bonchev–Trinajstić information content (AvgIpc) is 2.62. The fraction of sp³-hybridized carbons (Fsp3) is 0.636. The van der Waals surface area contributed by atoms with Gasteiger partial charge in [0, 0.05) is 25.7 Å². The van der Waals surface area contributed by atoms with Crippen LogP contribution in [-0.2, 0) is 4.74 Å². The summed E-state index contributed by atoms with van der Waals surface area (Å²) in [5.41, 5.74) is 1.75. The minimum Gasteiger partial charge on any atom is -0.493 e. The molecule has 1 aliphatic rings. The van der Waals surface area contributed by atoms with Gasteiger partial charge in [0.05, 0.1) is 6.61 Å². The number of aryl methyl sites for hydroxylation is 2. The molecule has 2 rings (SSSR count). The van der Waals surface area contributed by atoms with Gasteiger partial charge in [-0.25, -0.2) is 9.59 Å². The summed E-state index contributed by atoms with van der Waals surface area (Å²) in [6, 6.07) is 5.97. The van der Waals surface area contributed by atoms with Crippen LogP contribution >= 0.6 is 0 Å². The number of hydrogen-bond donors (Lipinski definition) is 2. The molecule has 0 spiro atoms. The van der Waals surface area contributed by atoms with E-state index in [1.54, 1.807) is 4.90 Å². The number of piperidine rings is 1. The molecule has 0 unspecified atom stereocenters. The maximum absolute atomic E-state index is 12.1. The number of para-hydroxylation sites is 1. The van der Waals surface area contributed by atoms with Crippen molar-refractivity contribution in [1.29, 1.82) is 0 Å². The third kappa shape index (κ3) is 7.83. The van der Waals surface area contributed by atoms with Crippen LogP contribution in [0.4, 0.5) is 9.59 Å². The van der Waals surface area contributed by atoms with Crippen LogP contribution in [0, 0.1) is 13.8 Å². The van der Waals surface area contributed by atoms with Gasteiger partial charge in [-0.1, -0.05) is 18.2 Å². The highest BCUT2D eigenvalue weighted by molar-refractivity contribution is 5.74. The van der Waals surface area contributed by atoms with Gasteiger partial charge in [-0.2, -0.15) is 0 Å². The Morgan fingerprint density at radius 1 is 1.14 bits per heavy atom. The number of hydrogen-bond acceptors (Lipinski definition) is 4. The van der Waals surface area contributed by atoms with E-state index in [-0.39, 0.29) is 18.2 Å². The summed E-state index contributed by atoms with van der Waals surface area (Å²) < 4.78 is 11.2. The summed E-state index contributed by atoms with van der Waals surface area (Å²) in [6.45, 7) is 11.9. The van der Waals surface area contributed by atoms with Crippen molar-refractivity contribution in [3.8, 4) is 5.75 Å². The predicted octanol–water partition coefficient (Wildman–Crippen LogP) is 3.77. The molecule has 1 aromatic carbocycles. The molecule has 1 fully saturated rings. The lowest BCUT2D eigenvalue weighted by Gasteiger charge is -2.33. The van der Waals surface area contributed by atoms with Gasteiger partial charge in [0.2, 0.25) is 0 Å². The Morgan fingerprint density at radius 3 is 2.34 bits per heavy atom. The maximum Gasteiger partial charge on any atom is 0.410 e. The fourth-order valence-electron chi connectivity index (χ4n) is 3.24. The van der Waals surface area contributed by atoms with Gasteiger partial charge in [0.25, 0.3) is 0 Å². The van der Waals surface area contributed by atoms with Gasteiger partial charge in [-0.15, -0.1) is 0 Å². The van der Waals surface area contributed by atoms with Crippen molar-refractivity contribution in [1.82, 2.24) is 15.5 Å². The molecule has 162 valence electrons. The van der Waals surface area contributed by atoms with Gasteiger partial charge in [-0.3, -0.25) is 0 Å². The zero-order chi connectivity index (χ0) is 21.4. The summed E-state index contributed by atoms with van der Waals surface area (Å²) in [5.74, 6) is 0.925. The van der Waals surface area contributed by atoms with Gasteiger partial charge in [-0.05, 0) is 65.0 Å². The Hall–Kier alpha value is -2.44. The molecule has 3 amide bonds. The predicted molar refractivity (Wildman–Crippen MR) is 113 cm³/mol. The van der Waals surface area contributed by atoms with Crippen LogP contribution < -0.4 is 15.4 Å². The number of nitrogens with zero attached hydrogens (tertiary/aromatic N) is 1. The van der Waals surface area contributed by atoms with Crippen LogP contribution in [0.15, 0.2) is 18.2 Å². The van der Waals surface area contributed by atoms with E-state index in [9.17, 15) is 9.59 Å². The molecule has 1 saturated heterocycles. The van der Waals surface area contributed by atoms with Crippen molar-refractivity contribution in [2.75, 3.05) is 26.2 Å². The number of nitrogens with one attached hydrogen (secondary N) is 2. The molecule has 1 heterocycles. The van der Waals surface area contributed by atoms with Crippen molar-refractivity contribution in [2.45, 2.75) is 65.5 Å². The Morgan fingerprint density at radius 2 is 1.76 bits per heavy atom. The SMILES string of the molecule is Cc1cccc(C)c1OCCCNC(=O)NC1CCN(C(=O)OC(C)(C)C)CC1. The van der Waals surface area contributed by atoms with Gasteiger partial charge in [0.1, 0.15) is 11.4 Å². The van der Waals surface area contributed by atoms with E-state index in [4.69, 9.17) is 9.47 Å². The van der Waals surface area contributed by atoms with Crippen LogP contribution in [0.2, 0.25) is 0 Å². The summed E-state index contributed by atoms with van der Waals surface area (Å²) in [5, 5.41) is 5.86. The number of likely N-dealkylation sites (tertiary alicyclic amines) is 1. The third-order valence-corrected chi connectivity index (χ3v) is 4.74. The Bertz CT molecular complexity index is 672. The first-order valence-electron chi connectivity index (χ1n) is 10.4. The van der Waals surface area contributed by atoms with Crippen molar-refractivity contribution >= 4 is 12.1 Å². The summed E-state index contributed by atoms with van der Waals surface area (Å²) in [4.78, 5) is 25.9. The Balaban J connectivity index is 1.60. The molecule has 1 aromatic rings. The average molecular weight is 406 g/mol. The van der Waals surface area contributed by atoms with Crippen molar-refractivity contribution in [3.63, 3.8) is 0 Å². The van der Waals surface area contributed by atoms with E-state index < -0.39 is 5.60 Å². The lowest BCUT2D eigenvalue weighted by atomic mass is 10.1. The summed E-state index contributed by atoms with van der Waals surface area (Å²) in [7, 11) is 0. The highest BCUT2D eigenvalue weighted by Crippen LogP contribution is 2.22. The number of benzene rings is 1. The van der Waals surface area contributed by atoms with Gasteiger partial charge >= 0.3 is 12.1 Å². The van der Waals surface area contributed by atoms with E-state index in [2.05, 4.69) is 10.6 Å². The number of carbonyl (C=O) groups is 2. The highest BCUT2D eigenvalue weighted by Gasteiger charge is 2.27. The molecule has 1 aliphatic heterocycles. The van der Waals surface area contributed by atoms with Crippen LogP contribution in [0.1, 0.15) is 51.2 Å². The highest BCUT2D eigenvalue weighted by atomic mass is 16.6. The quantitative estimate of drug-likeness (QED) is 0.706. The summed E-state index contributed by atoms with van der Waals surface area (Å²) in [6.07, 6.45) is 1.90. The zero-order valence-corrected chi connectivity index (χ0v) is 18.3. The minimum absolute atomic E-state index is 0.0690. The largest absolute Gasteiger partial charge is 0.493 e. The van der Waals surface area contributed by atoms with Gasteiger partial charge < -0.3 is 25.0 Å². The summed E-state index contributed by atoms with van der Waals surface area (Å²) >= 11 is 0. The maximum atomic E-state index is 12.1. The van der Waals surface area contributed by atoms with Crippen LogP contribution in [0.5, 0.6) is 5.75 Å². The molecule has 2 N–H and O–H groups in total. The Kier molecular flexibility index (Phi) is 8.17. The molecule has 7 nitrogen and oxygen atoms in total. The van der Waals surface area contributed by atoms with E-state index in [0.29, 0.717) is 26.2 Å². The molecular formula is C22H35N3O4. The van der Waals surface area contributed by atoms with Crippen molar-refractivity contribution < 1.29 is 19.1 Å². The molecule has 7 heteroatoms. The van der Waals surface area contributed by atoms with Gasteiger partial charge in [0.15, 0.2) is 0 Å². The molecule has 0 aromatic heterocycles. The van der Waals surface area contributed by atoms with E-state index in [0.717, 1.165) is 36.1 Å². The molecular weight excluding hydrogens is 370 g/mol. The first-order valence-corrected chi connectivity index (χ1v) is 10.4. The Labute approximate surface area is 174 Å². The first kappa shape index (κ1) is 22.8. The monoisotopic (exact) mass is 405 g/mol. The normalized spacial score (nSPS) is 15.0. The number of amides is 3. The number of rotatable bonds is 6. The smallest absolute Gasteiger partial charge is 0.410 e. The number of urea groups is 1. The second kappa shape index (κ2) is 10.4. The fourth-order valence-corrected chi connectivity index (χ4v) is 3.24. The van der Waals surface area contributed by atoms with E-state index in [1.807, 2.05) is 52.8 Å². The van der Waals surface area contributed by atoms with E-state index in [1.165, 1.54) is 0 Å².